The maximum Gasteiger partial charge on any atom is 0.271 e. The van der Waals surface area contributed by atoms with Crippen LogP contribution in [0, 0.1) is 11.6 Å². The van der Waals surface area contributed by atoms with Crippen LogP contribution in [-0.2, 0) is 9.59 Å². The molecule has 6 nitrogen and oxygen atoms in total. The monoisotopic (exact) mass is 385 g/mol. The summed E-state index contributed by atoms with van der Waals surface area (Å²) in [6.07, 6.45) is 0.159. The van der Waals surface area contributed by atoms with Gasteiger partial charge in [-0.1, -0.05) is 12.1 Å². The molecule has 1 saturated heterocycles. The van der Waals surface area contributed by atoms with Crippen LogP contribution in [0.2, 0.25) is 0 Å². The molecule has 0 aliphatic carbocycles. The Kier molecular flexibility index (Phi) is 4.14. The number of carbonyl (C=O) groups is 3. The van der Waals surface area contributed by atoms with E-state index in [0.717, 1.165) is 12.1 Å². The van der Waals surface area contributed by atoms with Crippen LogP contribution in [-0.4, -0.2) is 34.8 Å². The zero-order valence-corrected chi connectivity index (χ0v) is 15.0. The van der Waals surface area contributed by atoms with Gasteiger partial charge >= 0.3 is 0 Å². The highest BCUT2D eigenvalue weighted by molar-refractivity contribution is 6.18. The van der Waals surface area contributed by atoms with E-state index < -0.39 is 23.2 Å². The van der Waals surface area contributed by atoms with Gasteiger partial charge in [0.05, 0.1) is 11.3 Å². The van der Waals surface area contributed by atoms with Crippen molar-refractivity contribution in [3.05, 3.63) is 59.7 Å². The second-order valence-electron chi connectivity index (χ2n) is 6.72. The number of benzene rings is 2. The quantitative estimate of drug-likeness (QED) is 0.883. The van der Waals surface area contributed by atoms with Crippen LogP contribution in [0.4, 0.5) is 20.2 Å². The lowest BCUT2D eigenvalue weighted by molar-refractivity contribution is -0.128. The molecular weight excluding hydrogens is 368 g/mol. The average Bonchev–Trinajstić information content (AvgIpc) is 3.00. The van der Waals surface area contributed by atoms with E-state index >= 15 is 0 Å². The minimum absolute atomic E-state index is 0.0725. The van der Waals surface area contributed by atoms with Crippen molar-refractivity contribution in [1.29, 1.82) is 0 Å². The lowest BCUT2D eigenvalue weighted by atomic mass is 9.95. The first-order chi connectivity index (χ1) is 13.4. The summed E-state index contributed by atoms with van der Waals surface area (Å²) >= 11 is 0. The second-order valence-corrected chi connectivity index (χ2v) is 6.72. The van der Waals surface area contributed by atoms with Crippen LogP contribution < -0.4 is 10.2 Å². The number of nitrogens with zero attached hydrogens (tertiary/aromatic N) is 2. The molecule has 1 fully saturated rings. The van der Waals surface area contributed by atoms with Crippen LogP contribution in [0.15, 0.2) is 42.5 Å². The number of carbonyl (C=O) groups excluding carboxylic acids is 3. The molecule has 4 rings (SSSR count). The molecule has 144 valence electrons. The van der Waals surface area contributed by atoms with Crippen LogP contribution in [0.3, 0.4) is 0 Å². The summed E-state index contributed by atoms with van der Waals surface area (Å²) in [6.45, 7) is 1.89. The normalized spacial score (nSPS) is 20.8. The molecule has 0 saturated carbocycles. The number of amides is 3. The molecule has 2 aliphatic rings. The van der Waals surface area contributed by atoms with Crippen LogP contribution in [0.1, 0.15) is 30.1 Å². The number of nitrogens with one attached hydrogen (secondary N) is 1. The summed E-state index contributed by atoms with van der Waals surface area (Å²) < 4.78 is 27.1. The topological polar surface area (TPSA) is 69.7 Å². The highest BCUT2D eigenvalue weighted by atomic mass is 19.1. The number of anilines is 2. The predicted molar refractivity (Wildman–Crippen MR) is 97.6 cm³/mol. The maximum atomic E-state index is 13.5. The molecule has 2 aliphatic heterocycles. The first kappa shape index (κ1) is 18.1. The largest absolute Gasteiger partial charge is 0.322 e. The fourth-order valence-corrected chi connectivity index (χ4v) is 4.06. The van der Waals surface area contributed by atoms with Gasteiger partial charge in [0, 0.05) is 31.1 Å². The minimum Gasteiger partial charge on any atom is -0.322 e. The molecule has 2 aromatic rings. The molecule has 8 heteroatoms. The van der Waals surface area contributed by atoms with E-state index in [1.807, 2.05) is 0 Å². The van der Waals surface area contributed by atoms with Gasteiger partial charge in [-0.25, -0.2) is 8.78 Å². The Bertz CT molecular complexity index is 990. The number of halogens is 2. The third-order valence-corrected chi connectivity index (χ3v) is 5.17. The van der Waals surface area contributed by atoms with Crippen LogP contribution in [0.5, 0.6) is 0 Å². The van der Waals surface area contributed by atoms with E-state index in [1.165, 1.54) is 9.80 Å². The zero-order chi connectivity index (χ0) is 20.1. The second kappa shape index (κ2) is 6.40. The fraction of sp³-hybridized carbons (Fsp3) is 0.250. The van der Waals surface area contributed by atoms with Gasteiger partial charge in [0.15, 0.2) is 0 Å². The molecule has 28 heavy (non-hydrogen) atoms. The summed E-state index contributed by atoms with van der Waals surface area (Å²) in [4.78, 5) is 41.7. The zero-order valence-electron chi connectivity index (χ0n) is 15.0. The van der Waals surface area contributed by atoms with E-state index in [2.05, 4.69) is 5.32 Å². The summed E-state index contributed by atoms with van der Waals surface area (Å²) in [5.41, 5.74) is -0.973. The lowest BCUT2D eigenvalue weighted by Crippen LogP contribution is -2.69. The van der Waals surface area contributed by atoms with E-state index in [9.17, 15) is 23.2 Å². The van der Waals surface area contributed by atoms with Crippen molar-refractivity contribution in [3.63, 3.8) is 0 Å². The highest BCUT2D eigenvalue weighted by Crippen LogP contribution is 2.44. The van der Waals surface area contributed by atoms with Gasteiger partial charge in [-0.15, -0.1) is 0 Å². The van der Waals surface area contributed by atoms with Crippen LogP contribution >= 0.6 is 0 Å². The molecule has 3 amide bonds. The minimum atomic E-state index is -1.58. The molecule has 2 heterocycles. The molecule has 1 N–H and O–H groups in total. The Morgan fingerprint density at radius 3 is 2.50 bits per heavy atom. The molecule has 0 aromatic heterocycles. The highest BCUT2D eigenvalue weighted by Gasteiger charge is 2.60. The first-order valence-electron chi connectivity index (χ1n) is 8.90. The van der Waals surface area contributed by atoms with Gasteiger partial charge in [-0.05, 0) is 31.2 Å². The van der Waals surface area contributed by atoms with Crippen molar-refractivity contribution >= 4 is 29.1 Å². The van der Waals surface area contributed by atoms with Crippen molar-refractivity contribution in [2.24, 2.45) is 0 Å². The van der Waals surface area contributed by atoms with Gasteiger partial charge < -0.3 is 10.2 Å². The maximum absolute atomic E-state index is 13.5. The summed E-state index contributed by atoms with van der Waals surface area (Å²) in [5.74, 6) is -3.04. The number of fused-ring (bicyclic) bond motifs is 3. The van der Waals surface area contributed by atoms with Crippen molar-refractivity contribution in [2.75, 3.05) is 16.8 Å². The molecule has 0 radical (unpaired) electrons. The Hall–Kier alpha value is -3.29. The molecule has 0 bridgehead atoms. The van der Waals surface area contributed by atoms with Gasteiger partial charge in [0.1, 0.15) is 11.6 Å². The summed E-state index contributed by atoms with van der Waals surface area (Å²) in [5, 5.41) is 2.48. The van der Waals surface area contributed by atoms with E-state index in [0.29, 0.717) is 17.3 Å². The SMILES string of the molecule is CCN1C(=O)c2ccccc2N2C(=O)CCC12C(=O)Nc1cc(F)cc(F)c1. The van der Waals surface area contributed by atoms with Gasteiger partial charge in [-0.3, -0.25) is 19.3 Å². The van der Waals surface area contributed by atoms with Crippen molar-refractivity contribution in [1.82, 2.24) is 4.90 Å². The van der Waals surface area contributed by atoms with Gasteiger partial charge in [-0.2, -0.15) is 0 Å². The lowest BCUT2D eigenvalue weighted by Gasteiger charge is -2.48. The van der Waals surface area contributed by atoms with Crippen molar-refractivity contribution in [3.8, 4) is 0 Å². The number of hydrogen-bond donors (Lipinski definition) is 1. The standard InChI is InChI=1S/C20H17F2N3O3/c1-2-24-18(27)15-5-3-4-6-16(15)25-17(26)7-8-20(24,25)19(28)23-14-10-12(21)9-13(22)11-14/h3-6,9-11H,2,7-8H2,1H3,(H,23,28). The molecule has 1 atom stereocenters. The first-order valence-corrected chi connectivity index (χ1v) is 8.90. The van der Waals surface area contributed by atoms with Gasteiger partial charge in [0.25, 0.3) is 11.8 Å². The fourth-order valence-electron chi connectivity index (χ4n) is 4.06. The Balaban J connectivity index is 1.83. The Morgan fingerprint density at radius 1 is 1.14 bits per heavy atom. The number of hydrogen-bond acceptors (Lipinski definition) is 3. The molecule has 2 aromatic carbocycles. The van der Waals surface area contributed by atoms with E-state index in [1.54, 1.807) is 31.2 Å². The Labute approximate surface area is 159 Å². The number of likely N-dealkylation sites (N-methyl/N-ethyl adjacent to an activating group) is 1. The average molecular weight is 385 g/mol. The van der Waals surface area contributed by atoms with Gasteiger partial charge in [0.2, 0.25) is 11.6 Å². The van der Waals surface area contributed by atoms with Crippen LogP contribution in [0.25, 0.3) is 0 Å². The molecule has 0 spiro atoms. The molecule has 1 unspecified atom stereocenters. The van der Waals surface area contributed by atoms with Crippen molar-refractivity contribution in [2.45, 2.75) is 25.4 Å². The van der Waals surface area contributed by atoms with Crippen molar-refractivity contribution < 1.29 is 23.2 Å². The van der Waals surface area contributed by atoms with E-state index in [-0.39, 0.29) is 36.9 Å². The molecular formula is C20H17F2N3O3. The van der Waals surface area contributed by atoms with E-state index in [4.69, 9.17) is 0 Å². The smallest absolute Gasteiger partial charge is 0.271 e. The third kappa shape index (κ3) is 2.48. The Morgan fingerprint density at radius 2 is 1.82 bits per heavy atom. The predicted octanol–water partition coefficient (Wildman–Crippen LogP) is 2.90. The summed E-state index contributed by atoms with van der Waals surface area (Å²) in [7, 11) is 0. The summed E-state index contributed by atoms with van der Waals surface area (Å²) in [6, 6.07) is 9.25. The number of rotatable bonds is 3. The number of para-hydroxylation sites is 1. The third-order valence-electron chi connectivity index (χ3n) is 5.17.